The lowest BCUT2D eigenvalue weighted by Crippen LogP contribution is -2.17. The smallest absolute Gasteiger partial charge is 0.164 e. The molecule has 0 amide bonds. The van der Waals surface area contributed by atoms with Crippen LogP contribution in [0.2, 0.25) is 0 Å². The molecule has 1 aliphatic carbocycles. The average molecular weight is 578 g/mol. The van der Waals surface area contributed by atoms with Gasteiger partial charge in [0, 0.05) is 22.1 Å². The fraction of sp³-hybridized carbons (Fsp3) is 0.0714. The number of fused-ring (bicyclic) bond motifs is 3. The van der Waals surface area contributed by atoms with E-state index in [1.165, 1.54) is 22.3 Å². The molecule has 1 aliphatic rings. The Balaban J connectivity index is 1.34. The molecule has 3 nitrogen and oxygen atoms in total. The maximum absolute atomic E-state index is 5.20. The maximum atomic E-state index is 5.20. The van der Waals surface area contributed by atoms with Crippen LogP contribution < -0.4 is 0 Å². The van der Waals surface area contributed by atoms with E-state index in [0.717, 1.165) is 38.9 Å². The zero-order valence-corrected chi connectivity index (χ0v) is 25.3. The number of nitrogens with zero attached hydrogens (tertiary/aromatic N) is 3. The van der Waals surface area contributed by atoms with Gasteiger partial charge in [-0.3, -0.25) is 0 Å². The van der Waals surface area contributed by atoms with Crippen molar-refractivity contribution in [1.82, 2.24) is 15.0 Å². The van der Waals surface area contributed by atoms with E-state index in [-0.39, 0.29) is 5.41 Å². The van der Waals surface area contributed by atoms with E-state index in [1.54, 1.807) is 0 Å². The predicted octanol–water partition coefficient (Wildman–Crippen LogP) is 10.5. The maximum Gasteiger partial charge on any atom is 0.164 e. The highest BCUT2D eigenvalue weighted by atomic mass is 15.0. The predicted molar refractivity (Wildman–Crippen MR) is 185 cm³/mol. The van der Waals surface area contributed by atoms with Crippen LogP contribution in [0.15, 0.2) is 152 Å². The van der Waals surface area contributed by atoms with Gasteiger partial charge in [0.25, 0.3) is 0 Å². The lowest BCUT2D eigenvalue weighted by Gasteiger charge is -2.24. The normalized spacial score (nSPS) is 12.8. The Morgan fingerprint density at radius 3 is 1.38 bits per heavy atom. The SMILES string of the molecule is CC1(C)c2ccccc2-c2cccc(-c3nc(-c4cccc(-c5ccccc5)c4)nc(-c4cccc(-c5ccccc5)c4)n3)c21. The molecule has 1 aromatic heterocycles. The van der Waals surface area contributed by atoms with Gasteiger partial charge in [-0.25, -0.2) is 15.0 Å². The molecule has 8 rings (SSSR count). The van der Waals surface area contributed by atoms with Crippen molar-refractivity contribution in [3.05, 3.63) is 163 Å². The van der Waals surface area contributed by atoms with Gasteiger partial charge in [0.05, 0.1) is 0 Å². The van der Waals surface area contributed by atoms with Crippen LogP contribution in [-0.4, -0.2) is 15.0 Å². The van der Waals surface area contributed by atoms with Gasteiger partial charge in [-0.1, -0.05) is 153 Å². The molecule has 214 valence electrons. The van der Waals surface area contributed by atoms with Crippen molar-refractivity contribution in [3.8, 4) is 67.5 Å². The van der Waals surface area contributed by atoms with Crippen LogP contribution in [0.5, 0.6) is 0 Å². The van der Waals surface area contributed by atoms with Crippen molar-refractivity contribution in [3.63, 3.8) is 0 Å². The van der Waals surface area contributed by atoms with Crippen molar-refractivity contribution < 1.29 is 0 Å². The van der Waals surface area contributed by atoms with Crippen molar-refractivity contribution in [1.29, 1.82) is 0 Å². The summed E-state index contributed by atoms with van der Waals surface area (Å²) in [7, 11) is 0. The minimum Gasteiger partial charge on any atom is -0.208 e. The number of rotatable bonds is 5. The standard InChI is InChI=1S/C42H31N3/c1-42(2)37-25-10-9-22-34(37)35-23-13-24-36(38(35)42)41-44-39(32-20-11-18-30(26-32)28-14-5-3-6-15-28)43-40(45-41)33-21-12-19-31(27-33)29-16-7-4-8-17-29/h3-27H,1-2H3. The van der Waals surface area contributed by atoms with E-state index >= 15 is 0 Å². The average Bonchev–Trinajstić information content (AvgIpc) is 3.35. The van der Waals surface area contributed by atoms with Crippen LogP contribution in [0.25, 0.3) is 67.5 Å². The van der Waals surface area contributed by atoms with E-state index in [2.05, 4.69) is 153 Å². The summed E-state index contributed by atoms with van der Waals surface area (Å²) >= 11 is 0. The summed E-state index contributed by atoms with van der Waals surface area (Å²) in [4.78, 5) is 15.5. The Kier molecular flexibility index (Phi) is 6.46. The highest BCUT2D eigenvalue weighted by molar-refractivity contribution is 5.87. The third kappa shape index (κ3) is 4.74. The van der Waals surface area contributed by atoms with Crippen LogP contribution >= 0.6 is 0 Å². The summed E-state index contributed by atoms with van der Waals surface area (Å²) in [6, 6.07) is 53.1. The van der Waals surface area contributed by atoms with Gasteiger partial charge in [-0.15, -0.1) is 0 Å². The number of aromatic nitrogens is 3. The molecule has 0 aliphatic heterocycles. The zero-order valence-electron chi connectivity index (χ0n) is 25.3. The molecule has 0 atom stereocenters. The Morgan fingerprint density at radius 1 is 0.356 bits per heavy atom. The summed E-state index contributed by atoms with van der Waals surface area (Å²) < 4.78 is 0. The highest BCUT2D eigenvalue weighted by Crippen LogP contribution is 2.51. The summed E-state index contributed by atoms with van der Waals surface area (Å²) in [6.07, 6.45) is 0. The van der Waals surface area contributed by atoms with Crippen LogP contribution in [0.4, 0.5) is 0 Å². The minimum atomic E-state index is -0.198. The van der Waals surface area contributed by atoms with E-state index in [9.17, 15) is 0 Å². The summed E-state index contributed by atoms with van der Waals surface area (Å²) in [5, 5.41) is 0. The molecule has 6 aromatic carbocycles. The van der Waals surface area contributed by atoms with Crippen LogP contribution in [-0.2, 0) is 5.41 Å². The topological polar surface area (TPSA) is 38.7 Å². The first-order valence-electron chi connectivity index (χ1n) is 15.4. The van der Waals surface area contributed by atoms with Gasteiger partial charge in [0.2, 0.25) is 0 Å². The van der Waals surface area contributed by atoms with Gasteiger partial charge in [0.1, 0.15) is 0 Å². The second-order valence-electron chi connectivity index (χ2n) is 12.1. The summed E-state index contributed by atoms with van der Waals surface area (Å²) in [5.74, 6) is 2.00. The lowest BCUT2D eigenvalue weighted by molar-refractivity contribution is 0.661. The first kappa shape index (κ1) is 26.9. The molecule has 3 heteroatoms. The third-order valence-corrected chi connectivity index (χ3v) is 8.91. The molecule has 45 heavy (non-hydrogen) atoms. The molecule has 0 spiro atoms. The van der Waals surface area contributed by atoms with E-state index in [1.807, 2.05) is 12.1 Å². The van der Waals surface area contributed by atoms with Crippen molar-refractivity contribution in [2.24, 2.45) is 0 Å². The summed E-state index contributed by atoms with van der Waals surface area (Å²) in [6.45, 7) is 4.60. The molecule has 7 aromatic rings. The van der Waals surface area contributed by atoms with Gasteiger partial charge in [-0.05, 0) is 56.6 Å². The molecule has 0 saturated heterocycles. The molecule has 0 unspecified atom stereocenters. The van der Waals surface area contributed by atoms with Gasteiger partial charge < -0.3 is 0 Å². The molecule has 0 N–H and O–H groups in total. The first-order valence-corrected chi connectivity index (χ1v) is 15.4. The number of hydrogen-bond acceptors (Lipinski definition) is 3. The molecule has 0 radical (unpaired) electrons. The Morgan fingerprint density at radius 2 is 0.778 bits per heavy atom. The Bertz CT molecular complexity index is 2080. The largest absolute Gasteiger partial charge is 0.208 e. The second kappa shape index (κ2) is 10.8. The van der Waals surface area contributed by atoms with Crippen LogP contribution in [0, 0.1) is 0 Å². The fourth-order valence-corrected chi connectivity index (χ4v) is 6.73. The fourth-order valence-electron chi connectivity index (χ4n) is 6.73. The quantitative estimate of drug-likeness (QED) is 0.204. The van der Waals surface area contributed by atoms with Crippen LogP contribution in [0.1, 0.15) is 25.0 Å². The Labute approximate surface area is 264 Å². The van der Waals surface area contributed by atoms with Gasteiger partial charge in [0.15, 0.2) is 17.5 Å². The third-order valence-electron chi connectivity index (χ3n) is 8.91. The molecule has 0 saturated carbocycles. The molecular weight excluding hydrogens is 546 g/mol. The second-order valence-corrected chi connectivity index (χ2v) is 12.1. The zero-order chi connectivity index (χ0) is 30.4. The Hall–Kier alpha value is -5.67. The van der Waals surface area contributed by atoms with E-state index in [4.69, 9.17) is 15.0 Å². The monoisotopic (exact) mass is 577 g/mol. The van der Waals surface area contributed by atoms with Crippen molar-refractivity contribution in [2.75, 3.05) is 0 Å². The van der Waals surface area contributed by atoms with E-state index < -0.39 is 0 Å². The molecule has 0 bridgehead atoms. The highest BCUT2D eigenvalue weighted by Gasteiger charge is 2.38. The molecule has 1 heterocycles. The van der Waals surface area contributed by atoms with E-state index in [0.29, 0.717) is 17.5 Å². The van der Waals surface area contributed by atoms with Crippen molar-refractivity contribution >= 4 is 0 Å². The number of benzene rings is 6. The minimum absolute atomic E-state index is 0.198. The van der Waals surface area contributed by atoms with Crippen molar-refractivity contribution in [2.45, 2.75) is 19.3 Å². The first-order chi connectivity index (χ1) is 22.1. The summed E-state index contributed by atoms with van der Waals surface area (Å²) in [5.41, 5.74) is 12.4. The lowest BCUT2D eigenvalue weighted by atomic mass is 9.80. The van der Waals surface area contributed by atoms with Gasteiger partial charge >= 0.3 is 0 Å². The van der Waals surface area contributed by atoms with Gasteiger partial charge in [-0.2, -0.15) is 0 Å². The molecule has 0 fully saturated rings. The van der Waals surface area contributed by atoms with Crippen LogP contribution in [0.3, 0.4) is 0 Å². The number of hydrogen-bond donors (Lipinski definition) is 0. The molecular formula is C42H31N3.